The van der Waals surface area contributed by atoms with Crippen molar-refractivity contribution in [2.45, 2.75) is 13.3 Å². The number of aromatic nitrogens is 2. The minimum Gasteiger partial charge on any atom is -0.326 e. The van der Waals surface area contributed by atoms with Gasteiger partial charge in [0.25, 0.3) is 0 Å². The van der Waals surface area contributed by atoms with Crippen LogP contribution in [0.15, 0.2) is 42.7 Å². The van der Waals surface area contributed by atoms with Crippen LogP contribution in [0.1, 0.15) is 13.3 Å². The number of rotatable bonds is 3. The van der Waals surface area contributed by atoms with E-state index in [0.717, 1.165) is 11.4 Å². The van der Waals surface area contributed by atoms with Crippen LogP contribution in [0.3, 0.4) is 0 Å². The minimum absolute atomic E-state index is 0.0117. The summed E-state index contributed by atoms with van der Waals surface area (Å²) in [5.41, 5.74) is 1.72. The molecule has 0 aliphatic heterocycles. The molecule has 1 amide bonds. The van der Waals surface area contributed by atoms with E-state index in [1.807, 2.05) is 43.5 Å². The number of carbonyl (C=O) groups excluding carboxylic acids is 1. The van der Waals surface area contributed by atoms with Crippen molar-refractivity contribution in [2.75, 3.05) is 5.32 Å². The van der Waals surface area contributed by atoms with Crippen LogP contribution in [0.4, 0.5) is 5.69 Å². The monoisotopic (exact) mass is 215 g/mol. The van der Waals surface area contributed by atoms with Crippen LogP contribution in [-0.4, -0.2) is 15.7 Å². The predicted molar refractivity (Wildman–Crippen MR) is 62.5 cm³/mol. The van der Waals surface area contributed by atoms with Crippen molar-refractivity contribution in [3.63, 3.8) is 0 Å². The Morgan fingerprint density at radius 3 is 3.00 bits per heavy atom. The molecule has 0 radical (unpaired) electrons. The second-order valence-corrected chi connectivity index (χ2v) is 3.40. The molecule has 0 unspecified atom stereocenters. The first-order valence-corrected chi connectivity index (χ1v) is 5.19. The Kier molecular flexibility index (Phi) is 3.00. The van der Waals surface area contributed by atoms with Crippen LogP contribution >= 0.6 is 0 Å². The van der Waals surface area contributed by atoms with Gasteiger partial charge >= 0.3 is 0 Å². The zero-order valence-electron chi connectivity index (χ0n) is 9.05. The van der Waals surface area contributed by atoms with Gasteiger partial charge in [-0.25, -0.2) is 4.68 Å². The smallest absolute Gasteiger partial charge is 0.224 e. The molecule has 0 saturated heterocycles. The summed E-state index contributed by atoms with van der Waals surface area (Å²) in [5.74, 6) is 0.0117. The number of anilines is 1. The van der Waals surface area contributed by atoms with Gasteiger partial charge in [0.1, 0.15) is 0 Å². The molecule has 0 fully saturated rings. The molecule has 0 spiro atoms. The molecule has 2 rings (SSSR count). The third kappa shape index (κ3) is 2.28. The molecule has 4 heteroatoms. The predicted octanol–water partition coefficient (Wildman–Crippen LogP) is 2.22. The number of nitrogens with zero attached hydrogens (tertiary/aromatic N) is 2. The van der Waals surface area contributed by atoms with Crippen LogP contribution in [0.25, 0.3) is 5.69 Å². The molecular formula is C12H13N3O. The van der Waals surface area contributed by atoms with E-state index in [0.29, 0.717) is 6.42 Å². The summed E-state index contributed by atoms with van der Waals surface area (Å²) < 4.78 is 1.75. The standard InChI is InChI=1S/C12H13N3O/c1-2-12(16)14-10-5-3-6-11(9-10)15-8-4-7-13-15/h3-9H,2H2,1H3,(H,14,16). The van der Waals surface area contributed by atoms with E-state index in [9.17, 15) is 4.79 Å². The lowest BCUT2D eigenvalue weighted by molar-refractivity contribution is -0.115. The average molecular weight is 215 g/mol. The largest absolute Gasteiger partial charge is 0.326 e. The van der Waals surface area contributed by atoms with Crippen molar-refractivity contribution in [1.82, 2.24) is 9.78 Å². The summed E-state index contributed by atoms with van der Waals surface area (Å²) in [4.78, 5) is 11.2. The highest BCUT2D eigenvalue weighted by atomic mass is 16.1. The van der Waals surface area contributed by atoms with Crippen LogP contribution in [0.5, 0.6) is 0 Å². The van der Waals surface area contributed by atoms with Crippen molar-refractivity contribution >= 4 is 11.6 Å². The number of nitrogens with one attached hydrogen (secondary N) is 1. The Morgan fingerprint density at radius 1 is 1.44 bits per heavy atom. The molecule has 0 atom stereocenters. The number of hydrogen-bond acceptors (Lipinski definition) is 2. The first kappa shape index (κ1) is 10.4. The van der Waals surface area contributed by atoms with Crippen molar-refractivity contribution in [1.29, 1.82) is 0 Å². The molecule has 0 bridgehead atoms. The van der Waals surface area contributed by atoms with E-state index in [1.54, 1.807) is 10.9 Å². The van der Waals surface area contributed by atoms with E-state index >= 15 is 0 Å². The van der Waals surface area contributed by atoms with Gasteiger partial charge in [-0.1, -0.05) is 13.0 Å². The fourth-order valence-electron chi connectivity index (χ4n) is 1.40. The lowest BCUT2D eigenvalue weighted by Crippen LogP contribution is -2.09. The van der Waals surface area contributed by atoms with Gasteiger partial charge in [-0.05, 0) is 24.3 Å². The molecule has 1 aromatic carbocycles. The highest BCUT2D eigenvalue weighted by molar-refractivity contribution is 5.90. The molecular weight excluding hydrogens is 202 g/mol. The lowest BCUT2D eigenvalue weighted by atomic mass is 10.2. The van der Waals surface area contributed by atoms with Crippen LogP contribution in [0.2, 0.25) is 0 Å². The second-order valence-electron chi connectivity index (χ2n) is 3.40. The van der Waals surface area contributed by atoms with E-state index in [4.69, 9.17) is 0 Å². The van der Waals surface area contributed by atoms with Gasteiger partial charge in [0.2, 0.25) is 5.91 Å². The molecule has 4 nitrogen and oxygen atoms in total. The van der Waals surface area contributed by atoms with Crippen LogP contribution in [0, 0.1) is 0 Å². The molecule has 82 valence electrons. The highest BCUT2D eigenvalue weighted by Crippen LogP contribution is 2.13. The van der Waals surface area contributed by atoms with Gasteiger partial charge < -0.3 is 5.32 Å². The van der Waals surface area contributed by atoms with Gasteiger partial charge in [0.05, 0.1) is 5.69 Å². The number of carbonyl (C=O) groups is 1. The molecule has 2 aromatic rings. The van der Waals surface area contributed by atoms with Gasteiger partial charge in [0, 0.05) is 24.5 Å². The van der Waals surface area contributed by atoms with E-state index in [-0.39, 0.29) is 5.91 Å². The summed E-state index contributed by atoms with van der Waals surface area (Å²) >= 11 is 0. The van der Waals surface area contributed by atoms with Gasteiger partial charge in [-0.2, -0.15) is 5.10 Å². The van der Waals surface area contributed by atoms with Gasteiger partial charge in [-0.3, -0.25) is 4.79 Å². The third-order valence-corrected chi connectivity index (χ3v) is 2.22. The lowest BCUT2D eigenvalue weighted by Gasteiger charge is -2.06. The maximum Gasteiger partial charge on any atom is 0.224 e. The summed E-state index contributed by atoms with van der Waals surface area (Å²) in [6.07, 6.45) is 4.06. The SMILES string of the molecule is CCC(=O)Nc1cccc(-n2cccn2)c1. The van der Waals surface area contributed by atoms with Crippen molar-refractivity contribution in [3.8, 4) is 5.69 Å². The van der Waals surface area contributed by atoms with E-state index < -0.39 is 0 Å². The molecule has 0 aliphatic rings. The Balaban J connectivity index is 2.23. The Bertz CT molecular complexity index is 477. The fraction of sp³-hybridized carbons (Fsp3) is 0.167. The van der Waals surface area contributed by atoms with Crippen molar-refractivity contribution in [3.05, 3.63) is 42.7 Å². The van der Waals surface area contributed by atoms with E-state index in [1.165, 1.54) is 0 Å². The number of amides is 1. The van der Waals surface area contributed by atoms with E-state index in [2.05, 4.69) is 10.4 Å². The summed E-state index contributed by atoms with van der Waals surface area (Å²) in [6.45, 7) is 1.83. The number of benzene rings is 1. The average Bonchev–Trinajstić information content (AvgIpc) is 2.83. The second kappa shape index (κ2) is 4.61. The van der Waals surface area contributed by atoms with Gasteiger partial charge in [0.15, 0.2) is 0 Å². The van der Waals surface area contributed by atoms with Gasteiger partial charge in [-0.15, -0.1) is 0 Å². The summed E-state index contributed by atoms with van der Waals surface area (Å²) in [7, 11) is 0. The quantitative estimate of drug-likeness (QED) is 0.853. The first-order chi connectivity index (χ1) is 7.79. The molecule has 1 N–H and O–H groups in total. The highest BCUT2D eigenvalue weighted by Gasteiger charge is 2.01. The molecule has 1 heterocycles. The van der Waals surface area contributed by atoms with Crippen LogP contribution in [-0.2, 0) is 4.79 Å². The molecule has 0 saturated carbocycles. The summed E-state index contributed by atoms with van der Waals surface area (Å²) in [6, 6.07) is 9.44. The van der Waals surface area contributed by atoms with Crippen molar-refractivity contribution in [2.24, 2.45) is 0 Å². The third-order valence-electron chi connectivity index (χ3n) is 2.22. The normalized spacial score (nSPS) is 10.1. The molecule has 16 heavy (non-hydrogen) atoms. The number of hydrogen-bond donors (Lipinski definition) is 1. The fourth-order valence-corrected chi connectivity index (χ4v) is 1.40. The maximum atomic E-state index is 11.2. The minimum atomic E-state index is 0.0117. The molecule has 1 aromatic heterocycles. The van der Waals surface area contributed by atoms with Crippen LogP contribution < -0.4 is 5.32 Å². The maximum absolute atomic E-state index is 11.2. The Hall–Kier alpha value is -2.10. The summed E-state index contributed by atoms with van der Waals surface area (Å²) in [5, 5.41) is 6.94. The topological polar surface area (TPSA) is 46.9 Å². The van der Waals surface area contributed by atoms with Crippen molar-refractivity contribution < 1.29 is 4.79 Å². The molecule has 0 aliphatic carbocycles. The zero-order chi connectivity index (χ0) is 11.4. The Morgan fingerprint density at radius 2 is 2.31 bits per heavy atom. The zero-order valence-corrected chi connectivity index (χ0v) is 9.05. The Labute approximate surface area is 93.9 Å². The first-order valence-electron chi connectivity index (χ1n) is 5.19.